The van der Waals surface area contributed by atoms with Crippen molar-refractivity contribution in [3.8, 4) is 28.3 Å². The van der Waals surface area contributed by atoms with E-state index < -0.39 is 5.69 Å². The molecule has 0 N–H and O–H groups in total. The summed E-state index contributed by atoms with van der Waals surface area (Å²) in [5, 5.41) is 1.18. The minimum Gasteiger partial charge on any atom is -0.495 e. The molecule has 3 aromatic carbocycles. The highest BCUT2D eigenvalue weighted by atomic mass is 31.0. The zero-order chi connectivity index (χ0) is 31.4. The van der Waals surface area contributed by atoms with Gasteiger partial charge in [0, 0.05) is 47.5 Å². The van der Waals surface area contributed by atoms with Gasteiger partial charge in [0.2, 0.25) is 5.91 Å². The molecule has 4 aromatic rings. The van der Waals surface area contributed by atoms with Crippen LogP contribution in [0.4, 0.5) is 10.2 Å². The monoisotopic (exact) mass is 614 g/mol. The van der Waals surface area contributed by atoms with Crippen LogP contribution in [0.2, 0.25) is 0 Å². The number of methoxy groups -OCH3 is 1. The number of hydrogen-bond donors (Lipinski definition) is 0. The standard InChI is InChI=1S/C34H36FN4O4P/c1-7-26(40)37-13-14-38(20(5)16-37)33-23-15-19(4)27-28-21(11-12-24(35)32(28)44)17-43-31(27)30(23)39(34(41)36-33)29-22(18(2)3)9-8-10-25(29)42-6/h7-12,15,18,20H,1,13-14,16-17,44H2,2-6H3/t20-/m0/s1. The van der Waals surface area contributed by atoms with Gasteiger partial charge in [-0.05, 0) is 60.7 Å². The number of fused-ring (bicyclic) bond motifs is 5. The van der Waals surface area contributed by atoms with Gasteiger partial charge in [0.1, 0.15) is 29.5 Å². The van der Waals surface area contributed by atoms with Gasteiger partial charge in [-0.25, -0.2) is 9.18 Å². The Morgan fingerprint density at radius 2 is 2.00 bits per heavy atom. The Morgan fingerprint density at radius 3 is 2.68 bits per heavy atom. The van der Waals surface area contributed by atoms with Crippen molar-refractivity contribution >= 4 is 37.2 Å². The molecule has 0 radical (unpaired) electrons. The van der Waals surface area contributed by atoms with E-state index in [-0.39, 0.29) is 30.3 Å². The van der Waals surface area contributed by atoms with Crippen LogP contribution < -0.4 is 25.4 Å². The summed E-state index contributed by atoms with van der Waals surface area (Å²) in [6.07, 6.45) is 1.32. The summed E-state index contributed by atoms with van der Waals surface area (Å²) in [5.41, 5.74) is 4.80. The van der Waals surface area contributed by atoms with Crippen molar-refractivity contribution in [2.24, 2.45) is 0 Å². The van der Waals surface area contributed by atoms with Gasteiger partial charge in [-0.1, -0.05) is 38.6 Å². The van der Waals surface area contributed by atoms with Gasteiger partial charge < -0.3 is 19.3 Å². The van der Waals surface area contributed by atoms with Crippen molar-refractivity contribution in [2.45, 2.75) is 46.3 Å². The average molecular weight is 615 g/mol. The van der Waals surface area contributed by atoms with Gasteiger partial charge in [0.25, 0.3) is 0 Å². The maximum Gasteiger partial charge on any atom is 0.354 e. The summed E-state index contributed by atoms with van der Waals surface area (Å²) in [5.74, 6) is 1.15. The third-order valence-corrected chi connectivity index (χ3v) is 9.26. The quantitative estimate of drug-likeness (QED) is 0.226. The van der Waals surface area contributed by atoms with Crippen molar-refractivity contribution < 1.29 is 18.7 Å². The number of amides is 1. The van der Waals surface area contributed by atoms with Crippen LogP contribution in [0.25, 0.3) is 27.7 Å². The molecule has 1 fully saturated rings. The highest BCUT2D eigenvalue weighted by Crippen LogP contribution is 2.47. The zero-order valence-corrected chi connectivity index (χ0v) is 26.8. The molecular weight excluding hydrogens is 578 g/mol. The largest absolute Gasteiger partial charge is 0.495 e. The summed E-state index contributed by atoms with van der Waals surface area (Å²) in [7, 11) is 4.12. The highest BCUT2D eigenvalue weighted by Gasteiger charge is 2.33. The van der Waals surface area contributed by atoms with E-state index in [0.29, 0.717) is 53.5 Å². The number of piperazine rings is 1. The number of rotatable bonds is 5. The minimum absolute atomic E-state index is 0.0629. The maximum absolute atomic E-state index is 15.0. The Balaban J connectivity index is 1.72. The van der Waals surface area contributed by atoms with Gasteiger partial charge >= 0.3 is 5.69 Å². The van der Waals surface area contributed by atoms with E-state index in [2.05, 4.69) is 34.6 Å². The maximum atomic E-state index is 15.0. The number of carbonyl (C=O) groups is 1. The number of ether oxygens (including phenoxy) is 2. The van der Waals surface area contributed by atoms with Crippen LogP contribution in [0, 0.1) is 12.7 Å². The van der Waals surface area contributed by atoms with Crippen LogP contribution in [-0.2, 0) is 11.4 Å². The molecule has 1 aromatic heterocycles. The topological polar surface area (TPSA) is 76.9 Å². The van der Waals surface area contributed by atoms with E-state index in [4.69, 9.17) is 14.5 Å². The molecule has 8 nitrogen and oxygen atoms in total. The number of nitrogens with zero attached hydrogens (tertiary/aromatic N) is 4. The van der Waals surface area contributed by atoms with Gasteiger partial charge in [-0.2, -0.15) is 4.98 Å². The third-order valence-electron chi connectivity index (χ3n) is 8.69. The fourth-order valence-corrected chi connectivity index (χ4v) is 6.98. The number of halogens is 1. The smallest absolute Gasteiger partial charge is 0.354 e. The average Bonchev–Trinajstić information content (AvgIpc) is 3.01. The van der Waals surface area contributed by atoms with E-state index in [1.54, 1.807) is 22.6 Å². The van der Waals surface area contributed by atoms with Crippen LogP contribution >= 0.6 is 9.24 Å². The predicted molar refractivity (Wildman–Crippen MR) is 175 cm³/mol. The summed E-state index contributed by atoms with van der Waals surface area (Å²) in [4.78, 5) is 35.3. The lowest BCUT2D eigenvalue weighted by atomic mass is 9.91. The lowest BCUT2D eigenvalue weighted by molar-refractivity contribution is -0.126. The summed E-state index contributed by atoms with van der Waals surface area (Å²) in [6.45, 7) is 13.4. The van der Waals surface area contributed by atoms with Crippen LogP contribution in [-0.4, -0.2) is 53.1 Å². The minimum atomic E-state index is -0.485. The van der Waals surface area contributed by atoms with E-state index in [0.717, 1.165) is 33.2 Å². The van der Waals surface area contributed by atoms with Crippen LogP contribution in [0.15, 0.2) is 53.8 Å². The first-order valence-corrected chi connectivity index (χ1v) is 15.3. The van der Waals surface area contributed by atoms with Gasteiger partial charge in [-0.3, -0.25) is 9.36 Å². The zero-order valence-electron chi connectivity index (χ0n) is 25.6. The third kappa shape index (κ3) is 4.65. The van der Waals surface area contributed by atoms with Crippen molar-refractivity contribution in [1.82, 2.24) is 14.5 Å². The number of aryl methyl sites for hydroxylation is 1. The molecule has 0 bridgehead atoms. The summed E-state index contributed by atoms with van der Waals surface area (Å²) >= 11 is 0. The molecule has 0 aliphatic carbocycles. The molecule has 2 aliphatic heterocycles. The normalized spacial score (nSPS) is 16.0. The van der Waals surface area contributed by atoms with Crippen molar-refractivity contribution in [3.05, 3.63) is 82.0 Å². The molecule has 2 aliphatic rings. The van der Waals surface area contributed by atoms with Crippen molar-refractivity contribution in [3.63, 3.8) is 0 Å². The van der Waals surface area contributed by atoms with Crippen molar-refractivity contribution in [2.75, 3.05) is 31.6 Å². The number of aromatic nitrogens is 2. The molecule has 0 saturated carbocycles. The second-order valence-electron chi connectivity index (χ2n) is 11.7. The predicted octanol–water partition coefficient (Wildman–Crippen LogP) is 5.25. The molecule has 2 atom stereocenters. The second kappa shape index (κ2) is 11.4. The Bertz CT molecular complexity index is 1900. The Labute approximate surface area is 258 Å². The van der Waals surface area contributed by atoms with E-state index in [1.807, 2.05) is 38.1 Å². The Morgan fingerprint density at radius 1 is 1.23 bits per heavy atom. The van der Waals surface area contributed by atoms with E-state index in [1.165, 1.54) is 12.1 Å². The lowest BCUT2D eigenvalue weighted by Crippen LogP contribution is -2.54. The number of benzene rings is 3. The fraction of sp³-hybridized carbons (Fsp3) is 0.324. The molecule has 1 amide bonds. The number of anilines is 1. The van der Waals surface area contributed by atoms with Gasteiger partial charge in [-0.15, -0.1) is 9.24 Å². The van der Waals surface area contributed by atoms with Crippen molar-refractivity contribution in [1.29, 1.82) is 0 Å². The first-order valence-electron chi connectivity index (χ1n) is 14.7. The van der Waals surface area contributed by atoms with Crippen LogP contribution in [0.3, 0.4) is 0 Å². The first kappa shape index (κ1) is 29.8. The van der Waals surface area contributed by atoms with Crippen LogP contribution in [0.5, 0.6) is 11.5 Å². The molecule has 0 spiro atoms. The highest BCUT2D eigenvalue weighted by molar-refractivity contribution is 7.28. The Hall–Kier alpha value is -4.23. The number of carbonyl (C=O) groups excluding carboxylic acids is 1. The van der Waals surface area contributed by atoms with E-state index >= 15 is 0 Å². The van der Waals surface area contributed by atoms with Gasteiger partial charge in [0.15, 0.2) is 5.75 Å². The molecule has 228 valence electrons. The molecule has 6 rings (SSSR count). The Kier molecular flexibility index (Phi) is 7.70. The molecule has 3 heterocycles. The molecule has 1 unspecified atom stereocenters. The second-order valence-corrected chi connectivity index (χ2v) is 12.3. The van der Waals surface area contributed by atoms with E-state index in [9.17, 15) is 14.0 Å². The molecule has 10 heteroatoms. The summed E-state index contributed by atoms with van der Waals surface area (Å²) in [6, 6.07) is 10.8. The fourth-order valence-electron chi connectivity index (χ4n) is 6.56. The lowest BCUT2D eigenvalue weighted by Gasteiger charge is -2.40. The molecule has 1 saturated heterocycles. The molecular formula is C34H36FN4O4P. The SMILES string of the molecule is C=CC(=O)N1CCN(c2nc(=O)n(-c3c(OC)cccc3C(C)C)c3c4c(c(C)cc23)-c2c(ccc(F)c2P)CO4)[C@@H](C)C1. The number of hydrogen-bond acceptors (Lipinski definition) is 6. The number of para-hydroxylation sites is 1. The first-order chi connectivity index (χ1) is 21.1. The van der Waals surface area contributed by atoms with Crippen LogP contribution in [0.1, 0.15) is 43.4 Å². The van der Waals surface area contributed by atoms with Gasteiger partial charge in [0.05, 0.1) is 12.8 Å². The molecule has 44 heavy (non-hydrogen) atoms. The summed E-state index contributed by atoms with van der Waals surface area (Å²) < 4.78 is 28.9.